The zero-order chi connectivity index (χ0) is 31.5. The van der Waals surface area contributed by atoms with Crippen LogP contribution in [0.2, 0.25) is 0 Å². The third kappa shape index (κ3) is 11.4. The smallest absolute Gasteiger partial charge is 0.406 e. The van der Waals surface area contributed by atoms with Gasteiger partial charge < -0.3 is 14.4 Å². The maximum absolute atomic E-state index is 13.6. The van der Waals surface area contributed by atoms with E-state index in [-0.39, 0.29) is 34.9 Å². The van der Waals surface area contributed by atoms with Crippen LogP contribution < -0.4 is 4.74 Å². The number of carbonyl (C=O) groups excluding carboxylic acids is 2. The summed E-state index contributed by atoms with van der Waals surface area (Å²) in [4.78, 5) is 27.5. The van der Waals surface area contributed by atoms with Crippen molar-refractivity contribution in [3.8, 4) is 5.75 Å². The third-order valence-electron chi connectivity index (χ3n) is 7.50. The van der Waals surface area contributed by atoms with Crippen LogP contribution in [0.4, 0.5) is 13.2 Å². The van der Waals surface area contributed by atoms with E-state index < -0.39 is 6.36 Å². The summed E-state index contributed by atoms with van der Waals surface area (Å²) in [6.07, 6.45) is 0.182. The Morgan fingerprint density at radius 2 is 1.40 bits per heavy atom. The number of carbonyl (C=O) groups is 2. The Bertz CT molecular complexity index is 1090. The number of hydrogen-bond acceptors (Lipinski definition) is 4. The van der Waals surface area contributed by atoms with Gasteiger partial charge in [-0.1, -0.05) is 103 Å². The Balaban J connectivity index is 0.00000144. The number of alkyl halides is 3. The van der Waals surface area contributed by atoms with Crippen molar-refractivity contribution in [1.82, 2.24) is 9.80 Å². The van der Waals surface area contributed by atoms with E-state index in [1.165, 1.54) is 26.0 Å². The van der Waals surface area contributed by atoms with E-state index in [4.69, 9.17) is 0 Å². The number of nitrogens with zero attached hydrogens (tertiary/aromatic N) is 2. The van der Waals surface area contributed by atoms with Crippen molar-refractivity contribution in [2.75, 3.05) is 19.6 Å². The first-order valence-electron chi connectivity index (χ1n) is 15.1. The molecular formula is C34H49F3N2O3. The first-order valence-corrected chi connectivity index (χ1v) is 15.1. The SMILES string of the molecule is CC(C)=O.CCCC(CCC)CC(=O)N1CCN(C(c2ccccc2)c2ccc(OC(F)(F)F)cc2)CC1C(C)(C)C. The number of amides is 1. The number of ketones is 1. The summed E-state index contributed by atoms with van der Waals surface area (Å²) in [7, 11) is 0. The van der Waals surface area contributed by atoms with Gasteiger partial charge in [0.05, 0.1) is 6.04 Å². The highest BCUT2D eigenvalue weighted by molar-refractivity contribution is 5.77. The van der Waals surface area contributed by atoms with Crippen LogP contribution in [0.1, 0.15) is 97.7 Å². The van der Waals surface area contributed by atoms with Crippen LogP contribution in [-0.2, 0) is 9.59 Å². The Labute approximate surface area is 250 Å². The molecule has 3 rings (SSSR count). The predicted molar refractivity (Wildman–Crippen MR) is 162 cm³/mol. The monoisotopic (exact) mass is 590 g/mol. The number of Topliss-reactive ketones (excluding diaryl/α,β-unsaturated/α-hetero) is 1. The average molecular weight is 591 g/mol. The second-order valence-corrected chi connectivity index (χ2v) is 12.4. The molecule has 0 saturated carbocycles. The minimum Gasteiger partial charge on any atom is -0.406 e. The van der Waals surface area contributed by atoms with Gasteiger partial charge in [0, 0.05) is 32.1 Å². The van der Waals surface area contributed by atoms with Gasteiger partial charge in [0.2, 0.25) is 5.91 Å². The molecular weight excluding hydrogens is 541 g/mol. The fourth-order valence-electron chi connectivity index (χ4n) is 5.71. The molecule has 1 aliphatic heterocycles. The highest BCUT2D eigenvalue weighted by atomic mass is 19.4. The van der Waals surface area contributed by atoms with Crippen molar-refractivity contribution >= 4 is 11.7 Å². The normalized spacial score (nSPS) is 16.9. The summed E-state index contributed by atoms with van der Waals surface area (Å²) in [6.45, 7) is 15.9. The van der Waals surface area contributed by atoms with Crippen LogP contribution in [0, 0.1) is 11.3 Å². The van der Waals surface area contributed by atoms with Crippen molar-refractivity contribution in [1.29, 1.82) is 0 Å². The molecule has 1 fully saturated rings. The maximum Gasteiger partial charge on any atom is 0.573 e. The second-order valence-electron chi connectivity index (χ2n) is 12.4. The van der Waals surface area contributed by atoms with Gasteiger partial charge in [-0.25, -0.2) is 0 Å². The molecule has 8 heteroatoms. The summed E-state index contributed by atoms with van der Waals surface area (Å²) < 4.78 is 42.2. The van der Waals surface area contributed by atoms with Crippen LogP contribution in [0.15, 0.2) is 54.6 Å². The maximum atomic E-state index is 13.6. The first kappa shape index (κ1) is 35.3. The lowest BCUT2D eigenvalue weighted by molar-refractivity contribution is -0.274. The quantitative estimate of drug-likeness (QED) is 0.279. The fourth-order valence-corrected chi connectivity index (χ4v) is 5.71. The minimum absolute atomic E-state index is 0.0201. The second kappa shape index (κ2) is 16.1. The molecule has 0 aliphatic carbocycles. The molecule has 5 nitrogen and oxygen atoms in total. The number of piperazine rings is 1. The van der Waals surface area contributed by atoms with E-state index in [0.29, 0.717) is 32.0 Å². The van der Waals surface area contributed by atoms with Crippen molar-refractivity contribution < 1.29 is 27.5 Å². The Kier molecular flexibility index (Phi) is 13.5. The fraction of sp³-hybridized carbons (Fsp3) is 0.588. The Morgan fingerprint density at radius 1 is 0.881 bits per heavy atom. The van der Waals surface area contributed by atoms with Crippen LogP contribution in [0.5, 0.6) is 5.75 Å². The molecule has 0 N–H and O–H groups in total. The molecule has 0 aromatic heterocycles. The van der Waals surface area contributed by atoms with Gasteiger partial charge in [-0.05, 0) is 48.4 Å². The molecule has 1 amide bonds. The summed E-state index contributed by atoms with van der Waals surface area (Å²) in [5.41, 5.74) is 1.82. The predicted octanol–water partition coefficient (Wildman–Crippen LogP) is 8.44. The van der Waals surface area contributed by atoms with Gasteiger partial charge in [0.15, 0.2) is 0 Å². The Morgan fingerprint density at radius 3 is 1.88 bits per heavy atom. The minimum atomic E-state index is -4.73. The van der Waals surface area contributed by atoms with Gasteiger partial charge in [-0.2, -0.15) is 0 Å². The largest absolute Gasteiger partial charge is 0.573 e. The molecule has 0 spiro atoms. The van der Waals surface area contributed by atoms with E-state index >= 15 is 0 Å². The number of ether oxygens (including phenoxy) is 1. The lowest BCUT2D eigenvalue weighted by atomic mass is 9.82. The van der Waals surface area contributed by atoms with Crippen LogP contribution >= 0.6 is 0 Å². The molecule has 0 bridgehead atoms. The molecule has 42 heavy (non-hydrogen) atoms. The summed E-state index contributed by atoms with van der Waals surface area (Å²) in [5.74, 6) is 0.594. The molecule has 1 saturated heterocycles. The van der Waals surface area contributed by atoms with E-state index in [0.717, 1.165) is 36.8 Å². The molecule has 1 heterocycles. The van der Waals surface area contributed by atoms with Gasteiger partial charge in [-0.15, -0.1) is 13.2 Å². The molecule has 1 aliphatic rings. The molecule has 2 atom stereocenters. The third-order valence-corrected chi connectivity index (χ3v) is 7.50. The highest BCUT2D eigenvalue weighted by Gasteiger charge is 2.40. The lowest BCUT2D eigenvalue weighted by Crippen LogP contribution is -2.60. The summed E-state index contributed by atoms with van der Waals surface area (Å²) in [6, 6.07) is 16.1. The van der Waals surface area contributed by atoms with Gasteiger partial charge in [0.25, 0.3) is 0 Å². The van der Waals surface area contributed by atoms with Crippen molar-refractivity contribution in [3.63, 3.8) is 0 Å². The van der Waals surface area contributed by atoms with E-state index in [2.05, 4.69) is 61.3 Å². The van der Waals surface area contributed by atoms with Gasteiger partial charge in [0.1, 0.15) is 11.5 Å². The Hall–Kier alpha value is -2.87. The van der Waals surface area contributed by atoms with E-state index in [9.17, 15) is 22.8 Å². The number of hydrogen-bond donors (Lipinski definition) is 0. The number of halogens is 3. The van der Waals surface area contributed by atoms with Gasteiger partial charge in [-0.3, -0.25) is 9.69 Å². The first-order chi connectivity index (χ1) is 19.7. The molecule has 234 valence electrons. The molecule has 2 unspecified atom stereocenters. The van der Waals surface area contributed by atoms with Crippen molar-refractivity contribution in [3.05, 3.63) is 65.7 Å². The number of rotatable bonds is 10. The zero-order valence-corrected chi connectivity index (χ0v) is 26.3. The van der Waals surface area contributed by atoms with Crippen molar-refractivity contribution in [2.24, 2.45) is 11.3 Å². The summed E-state index contributed by atoms with van der Waals surface area (Å²) >= 11 is 0. The molecule has 2 aromatic carbocycles. The van der Waals surface area contributed by atoms with Gasteiger partial charge >= 0.3 is 6.36 Å². The average Bonchev–Trinajstić information content (AvgIpc) is 2.89. The van der Waals surface area contributed by atoms with E-state index in [1.54, 1.807) is 12.1 Å². The number of benzene rings is 2. The van der Waals surface area contributed by atoms with Crippen LogP contribution in [0.25, 0.3) is 0 Å². The van der Waals surface area contributed by atoms with Crippen molar-refractivity contribution in [2.45, 2.75) is 99.0 Å². The molecule has 0 radical (unpaired) electrons. The zero-order valence-electron chi connectivity index (χ0n) is 26.3. The lowest BCUT2D eigenvalue weighted by Gasteiger charge is -2.49. The molecule has 2 aromatic rings. The van der Waals surface area contributed by atoms with Crippen LogP contribution in [0.3, 0.4) is 0 Å². The standard InChI is InChI=1S/C31H43F3N2O2.C3H6O/c1-6-11-23(12-7-2)21-28(37)36-20-19-35(22-27(36)30(3,4)5)29(24-13-9-8-10-14-24)25-15-17-26(18-16-25)38-31(32,33)34;1-3(2)4/h8-10,13-18,23,27,29H,6-7,11-12,19-22H2,1-5H3;1-2H3. The van der Waals surface area contributed by atoms with Crippen LogP contribution in [-0.4, -0.2) is 53.5 Å². The summed E-state index contributed by atoms with van der Waals surface area (Å²) in [5, 5.41) is 0. The highest BCUT2D eigenvalue weighted by Crippen LogP contribution is 2.36. The topological polar surface area (TPSA) is 49.9 Å². The van der Waals surface area contributed by atoms with E-state index in [1.807, 2.05) is 18.2 Å².